The van der Waals surface area contributed by atoms with Gasteiger partial charge in [-0.1, -0.05) is 42.0 Å². The molecular weight excluding hydrogens is 580 g/mol. The van der Waals surface area contributed by atoms with Crippen molar-refractivity contribution in [3.63, 3.8) is 0 Å². The summed E-state index contributed by atoms with van der Waals surface area (Å²) in [6.07, 6.45) is 4.77. The molecule has 2 heterocycles. The van der Waals surface area contributed by atoms with Crippen LogP contribution in [0.4, 0.5) is 4.79 Å². The van der Waals surface area contributed by atoms with Gasteiger partial charge < -0.3 is 20.3 Å². The van der Waals surface area contributed by atoms with Crippen LogP contribution >= 0.6 is 0 Å². The third kappa shape index (κ3) is 7.15. The van der Waals surface area contributed by atoms with Crippen molar-refractivity contribution in [2.24, 2.45) is 0 Å². The van der Waals surface area contributed by atoms with Crippen LogP contribution in [0.5, 0.6) is 0 Å². The van der Waals surface area contributed by atoms with Gasteiger partial charge in [-0.25, -0.2) is 13.2 Å². The van der Waals surface area contributed by atoms with Crippen molar-refractivity contribution in [3.05, 3.63) is 70.8 Å². The Morgan fingerprint density at radius 2 is 1.82 bits per heavy atom. The average molecular weight is 623 g/mol. The van der Waals surface area contributed by atoms with Crippen LogP contribution in [0.1, 0.15) is 74.8 Å². The second-order valence-corrected chi connectivity index (χ2v) is 14.7. The van der Waals surface area contributed by atoms with E-state index < -0.39 is 27.6 Å². The summed E-state index contributed by atoms with van der Waals surface area (Å²) in [6.45, 7) is 8.81. The molecule has 2 aromatic carbocycles. The van der Waals surface area contributed by atoms with E-state index in [2.05, 4.69) is 34.9 Å². The van der Waals surface area contributed by atoms with Gasteiger partial charge in [0, 0.05) is 26.2 Å². The second kappa shape index (κ2) is 12.7. The Hall–Kier alpha value is -3.70. The molecule has 2 aromatic rings. The molecule has 3 aliphatic rings. The van der Waals surface area contributed by atoms with Gasteiger partial charge in [0.25, 0.3) is 0 Å². The zero-order valence-corrected chi connectivity index (χ0v) is 26.7. The summed E-state index contributed by atoms with van der Waals surface area (Å²) in [5.41, 5.74) is 4.88. The molecule has 1 fully saturated rings. The Labute approximate surface area is 259 Å². The predicted octanol–water partition coefficient (Wildman–Crippen LogP) is 4.09. The zero-order valence-electron chi connectivity index (χ0n) is 25.9. The summed E-state index contributed by atoms with van der Waals surface area (Å²) in [7, 11) is -3.96. The van der Waals surface area contributed by atoms with E-state index in [0.29, 0.717) is 13.1 Å². The Bertz CT molecular complexity index is 1560. The number of benzene rings is 2. The summed E-state index contributed by atoms with van der Waals surface area (Å²) in [4.78, 5) is 40.4. The Morgan fingerprint density at radius 3 is 2.50 bits per heavy atom. The van der Waals surface area contributed by atoms with Crippen molar-refractivity contribution >= 4 is 33.5 Å². The Morgan fingerprint density at radius 1 is 1.07 bits per heavy atom. The number of ether oxygens (including phenoxy) is 1. The number of nitrogens with one attached hydrogen (secondary N) is 2. The van der Waals surface area contributed by atoms with E-state index in [9.17, 15) is 22.8 Å². The van der Waals surface area contributed by atoms with Crippen molar-refractivity contribution in [1.82, 2.24) is 19.8 Å². The molecule has 236 valence electrons. The van der Waals surface area contributed by atoms with E-state index in [1.807, 2.05) is 27.7 Å². The van der Waals surface area contributed by atoms with Crippen LogP contribution in [0.15, 0.2) is 53.4 Å². The van der Waals surface area contributed by atoms with Gasteiger partial charge in [0.2, 0.25) is 21.8 Å². The molecule has 2 N–H and O–H groups in total. The van der Waals surface area contributed by atoms with E-state index in [-0.39, 0.29) is 42.4 Å². The van der Waals surface area contributed by atoms with E-state index in [1.54, 1.807) is 17.0 Å². The van der Waals surface area contributed by atoms with Gasteiger partial charge in [-0.3, -0.25) is 9.59 Å². The fourth-order valence-electron chi connectivity index (χ4n) is 6.04. The molecule has 10 nitrogen and oxygen atoms in total. The number of rotatable bonds is 6. The molecule has 2 aliphatic heterocycles. The molecule has 44 heavy (non-hydrogen) atoms. The van der Waals surface area contributed by atoms with Crippen molar-refractivity contribution < 1.29 is 27.5 Å². The first-order chi connectivity index (χ1) is 20.8. The highest BCUT2D eigenvalue weighted by molar-refractivity contribution is 7.89. The minimum absolute atomic E-state index is 0.0975. The van der Waals surface area contributed by atoms with Crippen molar-refractivity contribution in [2.45, 2.75) is 82.4 Å². The van der Waals surface area contributed by atoms with Gasteiger partial charge in [0.15, 0.2) is 0 Å². The molecule has 11 heteroatoms. The average Bonchev–Trinajstić information content (AvgIpc) is 2.97. The predicted molar refractivity (Wildman–Crippen MR) is 167 cm³/mol. The first kappa shape index (κ1) is 31.7. The maximum atomic E-state index is 13.4. The maximum absolute atomic E-state index is 13.4. The van der Waals surface area contributed by atoms with Gasteiger partial charge in [-0.2, -0.15) is 4.31 Å². The molecule has 1 aliphatic carbocycles. The molecule has 1 saturated heterocycles. The molecule has 0 bridgehead atoms. The van der Waals surface area contributed by atoms with E-state index in [1.165, 1.54) is 17.7 Å². The van der Waals surface area contributed by atoms with Gasteiger partial charge in [-0.15, -0.1) is 0 Å². The maximum Gasteiger partial charge on any atom is 0.410 e. The summed E-state index contributed by atoms with van der Waals surface area (Å²) >= 11 is 0. The minimum Gasteiger partial charge on any atom is -0.444 e. The smallest absolute Gasteiger partial charge is 0.410 e. The largest absolute Gasteiger partial charge is 0.444 e. The Balaban J connectivity index is 1.26. The number of piperazine rings is 1. The molecule has 2 atom stereocenters. The molecule has 3 amide bonds. The molecule has 5 rings (SSSR count). The lowest BCUT2D eigenvalue weighted by molar-refractivity contribution is -0.132. The lowest BCUT2D eigenvalue weighted by atomic mass is 9.85. The number of aryl methyl sites for hydroxylation is 2. The van der Waals surface area contributed by atoms with Crippen LogP contribution < -0.4 is 10.6 Å². The topological polar surface area (TPSA) is 125 Å². The summed E-state index contributed by atoms with van der Waals surface area (Å²) < 4.78 is 33.5. The highest BCUT2D eigenvalue weighted by Gasteiger charge is 2.40. The normalized spacial score (nSPS) is 21.1. The number of sulfonamides is 1. The zero-order chi connectivity index (χ0) is 31.6. The highest BCUT2D eigenvalue weighted by atomic mass is 32.2. The number of nitrogens with zero attached hydrogens (tertiary/aromatic N) is 2. The van der Waals surface area contributed by atoms with E-state index >= 15 is 0 Å². The molecule has 0 radical (unpaired) electrons. The summed E-state index contributed by atoms with van der Waals surface area (Å²) in [5.74, 6) is -0.836. The lowest BCUT2D eigenvalue weighted by Gasteiger charge is -2.34. The lowest BCUT2D eigenvalue weighted by Crippen LogP contribution is -2.58. The summed E-state index contributed by atoms with van der Waals surface area (Å²) in [5, 5.41) is 5.80. The van der Waals surface area contributed by atoms with Gasteiger partial charge in [0.1, 0.15) is 11.6 Å². The van der Waals surface area contributed by atoms with Crippen LogP contribution in [-0.4, -0.2) is 73.4 Å². The van der Waals surface area contributed by atoms with Crippen molar-refractivity contribution in [1.29, 1.82) is 0 Å². The minimum atomic E-state index is -3.96. The molecule has 0 aromatic heterocycles. The van der Waals surface area contributed by atoms with E-state index in [4.69, 9.17) is 4.74 Å². The number of hydrogen-bond donors (Lipinski definition) is 2. The van der Waals surface area contributed by atoms with Crippen molar-refractivity contribution in [2.75, 3.05) is 26.2 Å². The highest BCUT2D eigenvalue weighted by Crippen LogP contribution is 2.34. The number of carbonyl (C=O) groups excluding carboxylic acids is 3. The third-order valence-electron chi connectivity index (χ3n) is 8.31. The standard InChI is InChI=1S/C33H42N4O6S/c1-22-8-11-26(12-9-22)44(41,42)37-19-16-34-31(39)29(37)21-30(38)35-28-7-5-6-25-20-24(10-13-27(25)28)23-14-17-36(18-15-23)32(40)43-33(2,3)4/h8-14,20,28-29H,5-7,15-19,21H2,1-4H3,(H,34,39)(H,35,38)/t28-,29-/m1/s1. The number of carbonyl (C=O) groups is 3. The summed E-state index contributed by atoms with van der Waals surface area (Å²) in [6, 6.07) is 11.4. The van der Waals surface area contributed by atoms with Crippen LogP contribution in [0, 0.1) is 6.92 Å². The Kier molecular flexibility index (Phi) is 9.17. The van der Waals surface area contributed by atoms with Gasteiger partial charge >= 0.3 is 6.09 Å². The van der Waals surface area contributed by atoms with Gasteiger partial charge in [0.05, 0.1) is 17.4 Å². The molecule has 0 spiro atoms. The van der Waals surface area contributed by atoms with E-state index in [0.717, 1.165) is 52.2 Å². The monoisotopic (exact) mass is 622 g/mol. The number of fused-ring (bicyclic) bond motifs is 1. The van der Waals surface area contributed by atoms with Crippen molar-refractivity contribution in [3.8, 4) is 0 Å². The van der Waals surface area contributed by atoms with Gasteiger partial charge in [-0.05, 0) is 87.8 Å². The number of amides is 3. The van der Waals surface area contributed by atoms with Crippen LogP contribution in [0.2, 0.25) is 0 Å². The molecule has 0 saturated carbocycles. The fraction of sp³-hybridized carbons (Fsp3) is 0.485. The molecule has 0 unspecified atom stereocenters. The van der Waals surface area contributed by atoms with Crippen LogP contribution in [-0.2, 0) is 30.8 Å². The first-order valence-corrected chi connectivity index (χ1v) is 16.7. The fourth-order valence-corrected chi connectivity index (χ4v) is 7.63. The molecular formula is C33H42N4O6S. The SMILES string of the molecule is Cc1ccc(S(=O)(=O)N2CCNC(=O)[C@H]2CC(=O)N[C@@H]2CCCc3cc(C4=CCN(C(=O)OC(C)(C)C)CC4)ccc32)cc1. The third-order valence-corrected chi connectivity index (χ3v) is 10.2. The van der Waals surface area contributed by atoms with Crippen LogP contribution in [0.25, 0.3) is 5.57 Å². The second-order valence-electron chi connectivity index (χ2n) is 12.8. The first-order valence-electron chi connectivity index (χ1n) is 15.3. The van der Waals surface area contributed by atoms with Crippen LogP contribution in [0.3, 0.4) is 0 Å². The number of hydrogen-bond acceptors (Lipinski definition) is 6. The quantitative estimate of drug-likeness (QED) is 0.500.